The summed E-state index contributed by atoms with van der Waals surface area (Å²) in [7, 11) is 1.60. The van der Waals surface area contributed by atoms with Crippen molar-refractivity contribution in [2.75, 3.05) is 7.11 Å². The van der Waals surface area contributed by atoms with Crippen LogP contribution in [0.4, 0.5) is 0 Å². The molecule has 0 fully saturated rings. The number of methoxy groups -OCH3 is 1. The molecule has 1 amide bonds. The van der Waals surface area contributed by atoms with Crippen LogP contribution in [0.1, 0.15) is 51.4 Å². The van der Waals surface area contributed by atoms with Gasteiger partial charge in [-0.25, -0.2) is 0 Å². The molecule has 112 valence electrons. The van der Waals surface area contributed by atoms with Crippen molar-refractivity contribution in [3.05, 3.63) is 28.2 Å². The Morgan fingerprint density at radius 2 is 1.85 bits per heavy atom. The Labute approximate surface area is 130 Å². The lowest BCUT2D eigenvalue weighted by molar-refractivity contribution is 0.0891. The number of hydrogen-bond acceptors (Lipinski definition) is 2. The van der Waals surface area contributed by atoms with E-state index in [9.17, 15) is 4.79 Å². The first-order valence-electron chi connectivity index (χ1n) is 6.70. The molecule has 0 aliphatic rings. The van der Waals surface area contributed by atoms with Gasteiger partial charge in [-0.3, -0.25) is 4.79 Å². The molecule has 0 spiro atoms. The molecule has 0 aliphatic carbocycles. The molecule has 1 aromatic carbocycles. The number of carbonyl (C=O) groups is 1. The molecule has 0 atom stereocenters. The Hall–Kier alpha value is -1.03. The van der Waals surface area contributed by atoms with Gasteiger partial charge in [0.1, 0.15) is 5.75 Å². The van der Waals surface area contributed by atoms with Crippen molar-refractivity contribution in [1.29, 1.82) is 0 Å². The van der Waals surface area contributed by atoms with E-state index in [1.807, 2.05) is 0 Å². The van der Waals surface area contributed by atoms with Crippen molar-refractivity contribution in [2.45, 2.75) is 46.6 Å². The second-order valence-corrected chi connectivity index (χ2v) is 7.78. The third-order valence-corrected chi connectivity index (χ3v) is 3.46. The number of ether oxygens (including phenoxy) is 1. The van der Waals surface area contributed by atoms with E-state index >= 15 is 0 Å². The number of carbonyl (C=O) groups excluding carboxylic acids is 1. The fourth-order valence-electron chi connectivity index (χ4n) is 2.56. The van der Waals surface area contributed by atoms with E-state index < -0.39 is 0 Å². The molecule has 0 saturated carbocycles. The van der Waals surface area contributed by atoms with Gasteiger partial charge in [-0.1, -0.05) is 20.8 Å². The predicted octanol–water partition coefficient (Wildman–Crippen LogP) is 4.40. The number of amides is 1. The molecule has 1 aromatic rings. The van der Waals surface area contributed by atoms with Crippen LogP contribution in [0.25, 0.3) is 0 Å². The number of hydrogen-bond donors (Lipinski definition) is 1. The van der Waals surface area contributed by atoms with Gasteiger partial charge in [-0.2, -0.15) is 0 Å². The molecule has 0 aliphatic heterocycles. The lowest BCUT2D eigenvalue weighted by atomic mass is 9.81. The van der Waals surface area contributed by atoms with Gasteiger partial charge in [0.25, 0.3) is 5.91 Å². The Bertz CT molecular complexity index is 490. The molecule has 0 unspecified atom stereocenters. The van der Waals surface area contributed by atoms with E-state index in [2.05, 4.69) is 55.9 Å². The molecule has 20 heavy (non-hydrogen) atoms. The molecule has 0 radical (unpaired) electrons. The monoisotopic (exact) mass is 341 g/mol. The van der Waals surface area contributed by atoms with Gasteiger partial charge in [0, 0.05) is 11.1 Å². The van der Waals surface area contributed by atoms with Crippen LogP contribution < -0.4 is 10.1 Å². The SMILES string of the molecule is COc1ccc(C(=O)NC(C)(C)CC(C)(C)C)cc1Br. The van der Waals surface area contributed by atoms with Crippen molar-refractivity contribution in [2.24, 2.45) is 5.41 Å². The van der Waals surface area contributed by atoms with Gasteiger partial charge in [0.15, 0.2) is 0 Å². The maximum atomic E-state index is 12.3. The number of rotatable bonds is 4. The summed E-state index contributed by atoms with van der Waals surface area (Å²) in [5.74, 6) is 0.651. The first-order valence-corrected chi connectivity index (χ1v) is 7.49. The standard InChI is InChI=1S/C16H24BrNO2/c1-15(2,3)10-16(4,5)18-14(19)11-7-8-13(20-6)12(17)9-11/h7-9H,10H2,1-6H3,(H,18,19). The molecule has 0 aromatic heterocycles. The minimum atomic E-state index is -0.248. The van der Waals surface area contributed by atoms with E-state index in [1.165, 1.54) is 0 Å². The predicted molar refractivity (Wildman–Crippen MR) is 86.3 cm³/mol. The first kappa shape index (κ1) is 17.0. The second kappa shape index (κ2) is 6.17. The van der Waals surface area contributed by atoms with Crippen molar-refractivity contribution < 1.29 is 9.53 Å². The summed E-state index contributed by atoms with van der Waals surface area (Å²) in [5, 5.41) is 3.09. The number of nitrogens with one attached hydrogen (secondary N) is 1. The van der Waals surface area contributed by atoms with Crippen molar-refractivity contribution in [3.63, 3.8) is 0 Å². The van der Waals surface area contributed by atoms with Gasteiger partial charge in [0.05, 0.1) is 11.6 Å². The molecule has 0 saturated heterocycles. The van der Waals surface area contributed by atoms with E-state index in [0.717, 1.165) is 16.6 Å². The fourth-order valence-corrected chi connectivity index (χ4v) is 3.10. The maximum Gasteiger partial charge on any atom is 0.251 e. The van der Waals surface area contributed by atoms with Crippen molar-refractivity contribution in [1.82, 2.24) is 5.32 Å². The maximum absolute atomic E-state index is 12.3. The zero-order valence-electron chi connectivity index (χ0n) is 13.1. The van der Waals surface area contributed by atoms with E-state index in [1.54, 1.807) is 25.3 Å². The lowest BCUT2D eigenvalue weighted by Gasteiger charge is -2.33. The van der Waals surface area contributed by atoms with Crippen molar-refractivity contribution in [3.8, 4) is 5.75 Å². The second-order valence-electron chi connectivity index (χ2n) is 6.92. The van der Waals surface area contributed by atoms with Crippen molar-refractivity contribution >= 4 is 21.8 Å². The largest absolute Gasteiger partial charge is 0.496 e. The third-order valence-electron chi connectivity index (χ3n) is 2.84. The zero-order chi connectivity index (χ0) is 15.6. The van der Waals surface area contributed by atoms with Gasteiger partial charge in [0.2, 0.25) is 0 Å². The average molecular weight is 342 g/mol. The molecule has 0 bridgehead atoms. The van der Waals surface area contributed by atoms with Crippen LogP contribution in [0.5, 0.6) is 5.75 Å². The highest BCUT2D eigenvalue weighted by Gasteiger charge is 2.27. The lowest BCUT2D eigenvalue weighted by Crippen LogP contribution is -2.45. The van der Waals surface area contributed by atoms with E-state index in [4.69, 9.17) is 4.74 Å². The average Bonchev–Trinajstić information content (AvgIpc) is 2.24. The molecular formula is C16H24BrNO2. The quantitative estimate of drug-likeness (QED) is 0.881. The highest BCUT2D eigenvalue weighted by molar-refractivity contribution is 9.10. The van der Waals surface area contributed by atoms with Gasteiger partial charge < -0.3 is 10.1 Å². The molecule has 3 nitrogen and oxygen atoms in total. The Kier molecular flexibility index (Phi) is 5.25. The van der Waals surface area contributed by atoms with Crippen LogP contribution in [0.3, 0.4) is 0 Å². The summed E-state index contributed by atoms with van der Waals surface area (Å²) in [5.41, 5.74) is 0.540. The van der Waals surface area contributed by atoms with Gasteiger partial charge in [-0.15, -0.1) is 0 Å². The third kappa shape index (κ3) is 5.16. The van der Waals surface area contributed by atoms with E-state index in [0.29, 0.717) is 5.56 Å². The van der Waals surface area contributed by atoms with Crippen LogP contribution in [-0.4, -0.2) is 18.6 Å². The summed E-state index contributed by atoms with van der Waals surface area (Å²) in [4.78, 5) is 12.3. The number of halogens is 1. The molecular weight excluding hydrogens is 318 g/mol. The van der Waals surface area contributed by atoms with Crippen LogP contribution in [0, 0.1) is 5.41 Å². The normalized spacial score (nSPS) is 12.2. The summed E-state index contributed by atoms with van der Waals surface area (Å²) in [6.45, 7) is 10.6. The summed E-state index contributed by atoms with van der Waals surface area (Å²) in [6.07, 6.45) is 0.906. The smallest absolute Gasteiger partial charge is 0.251 e. The minimum Gasteiger partial charge on any atom is -0.496 e. The van der Waals surface area contributed by atoms with Gasteiger partial charge >= 0.3 is 0 Å². The van der Waals surface area contributed by atoms with Gasteiger partial charge in [-0.05, 0) is 59.8 Å². The summed E-state index contributed by atoms with van der Waals surface area (Å²) < 4.78 is 5.95. The Morgan fingerprint density at radius 3 is 2.30 bits per heavy atom. The number of benzene rings is 1. The molecule has 4 heteroatoms. The van der Waals surface area contributed by atoms with Crippen LogP contribution in [0.15, 0.2) is 22.7 Å². The highest BCUT2D eigenvalue weighted by Crippen LogP contribution is 2.28. The molecule has 1 rings (SSSR count). The van der Waals surface area contributed by atoms with E-state index in [-0.39, 0.29) is 16.9 Å². The topological polar surface area (TPSA) is 38.3 Å². The minimum absolute atomic E-state index is 0.0670. The highest BCUT2D eigenvalue weighted by atomic mass is 79.9. The van der Waals surface area contributed by atoms with Crippen LogP contribution >= 0.6 is 15.9 Å². The molecule has 1 N–H and O–H groups in total. The fraction of sp³-hybridized carbons (Fsp3) is 0.562. The van der Waals surface area contributed by atoms with Crippen LogP contribution in [0.2, 0.25) is 0 Å². The van der Waals surface area contributed by atoms with Crippen LogP contribution in [-0.2, 0) is 0 Å². The molecule has 0 heterocycles. The Morgan fingerprint density at radius 1 is 1.25 bits per heavy atom. The Balaban J connectivity index is 2.83. The first-order chi connectivity index (χ1) is 9.04. The zero-order valence-corrected chi connectivity index (χ0v) is 14.7. The summed E-state index contributed by atoms with van der Waals surface area (Å²) in [6, 6.07) is 5.34. The summed E-state index contributed by atoms with van der Waals surface area (Å²) >= 11 is 3.40.